The van der Waals surface area contributed by atoms with E-state index in [4.69, 9.17) is 0 Å². The van der Waals surface area contributed by atoms with E-state index in [2.05, 4.69) is 30.7 Å². The van der Waals surface area contributed by atoms with Crippen LogP contribution in [0.4, 0.5) is 0 Å². The highest BCUT2D eigenvalue weighted by Crippen LogP contribution is 2.11. The molecule has 0 bridgehead atoms. The maximum atomic E-state index is 3.60. The number of rotatable bonds is 7. The summed E-state index contributed by atoms with van der Waals surface area (Å²) in [4.78, 5) is 0. The van der Waals surface area contributed by atoms with Crippen LogP contribution in [-0.2, 0) is 0 Å². The molecule has 0 aromatic carbocycles. The first-order valence-corrected chi connectivity index (χ1v) is 7.01. The van der Waals surface area contributed by atoms with Gasteiger partial charge < -0.3 is 10.6 Å². The highest BCUT2D eigenvalue weighted by molar-refractivity contribution is 5.05. The van der Waals surface area contributed by atoms with Crippen molar-refractivity contribution in [2.45, 2.75) is 64.8 Å². The Balaban J connectivity index is 2.10. The van der Waals surface area contributed by atoms with Gasteiger partial charge in [-0.15, -0.1) is 0 Å². The molecule has 1 unspecified atom stereocenters. The van der Waals surface area contributed by atoms with Crippen molar-refractivity contribution in [2.24, 2.45) is 0 Å². The largest absolute Gasteiger partial charge is 0.389 e. The second-order valence-electron chi connectivity index (χ2n) is 4.86. The van der Waals surface area contributed by atoms with Crippen LogP contribution in [-0.4, -0.2) is 19.1 Å². The van der Waals surface area contributed by atoms with Crippen LogP contribution in [0.2, 0.25) is 0 Å². The van der Waals surface area contributed by atoms with Gasteiger partial charge in [-0.25, -0.2) is 0 Å². The van der Waals surface area contributed by atoms with Crippen molar-refractivity contribution in [3.8, 4) is 0 Å². The van der Waals surface area contributed by atoms with E-state index in [0.717, 1.165) is 13.1 Å². The van der Waals surface area contributed by atoms with Crippen molar-refractivity contribution in [1.82, 2.24) is 10.6 Å². The summed E-state index contributed by atoms with van der Waals surface area (Å²) in [5, 5.41) is 7.03. The molecule has 0 amide bonds. The molecule has 1 rings (SSSR count). The minimum absolute atomic E-state index is 0.647. The average Bonchev–Trinajstić information content (AvgIpc) is 2.54. The topological polar surface area (TPSA) is 24.1 Å². The fourth-order valence-corrected chi connectivity index (χ4v) is 2.15. The van der Waals surface area contributed by atoms with Crippen LogP contribution < -0.4 is 10.6 Å². The minimum atomic E-state index is 0.647. The molecular formula is C14H28N2. The highest BCUT2D eigenvalue weighted by Gasteiger charge is 2.09. The zero-order chi connectivity index (χ0) is 11.6. The molecule has 0 saturated heterocycles. The number of hydrogen-bond acceptors (Lipinski definition) is 2. The van der Waals surface area contributed by atoms with Gasteiger partial charge in [0.15, 0.2) is 0 Å². The zero-order valence-electron chi connectivity index (χ0n) is 11.0. The molecule has 0 fully saturated rings. The van der Waals surface area contributed by atoms with Crippen molar-refractivity contribution in [3.63, 3.8) is 0 Å². The summed E-state index contributed by atoms with van der Waals surface area (Å²) in [7, 11) is 0. The van der Waals surface area contributed by atoms with Gasteiger partial charge >= 0.3 is 0 Å². The van der Waals surface area contributed by atoms with Crippen LogP contribution in [0.3, 0.4) is 0 Å². The molecule has 2 nitrogen and oxygen atoms in total. The van der Waals surface area contributed by atoms with Gasteiger partial charge in [-0.05, 0) is 31.0 Å². The van der Waals surface area contributed by atoms with Crippen molar-refractivity contribution in [3.05, 3.63) is 11.8 Å². The monoisotopic (exact) mass is 224 g/mol. The molecule has 0 saturated carbocycles. The Hall–Kier alpha value is -0.500. The van der Waals surface area contributed by atoms with Crippen LogP contribution in [0.1, 0.15) is 58.8 Å². The van der Waals surface area contributed by atoms with Crippen LogP contribution in [0.5, 0.6) is 0 Å². The second kappa shape index (κ2) is 8.63. The maximum Gasteiger partial charge on any atom is 0.0295 e. The van der Waals surface area contributed by atoms with Crippen LogP contribution in [0, 0.1) is 0 Å². The second-order valence-corrected chi connectivity index (χ2v) is 4.86. The molecule has 0 aliphatic carbocycles. The average molecular weight is 224 g/mol. The van der Waals surface area contributed by atoms with Crippen LogP contribution in [0.25, 0.3) is 0 Å². The van der Waals surface area contributed by atoms with E-state index >= 15 is 0 Å². The van der Waals surface area contributed by atoms with Crippen molar-refractivity contribution in [2.75, 3.05) is 13.1 Å². The third-order valence-electron chi connectivity index (χ3n) is 3.38. The zero-order valence-corrected chi connectivity index (χ0v) is 11.0. The van der Waals surface area contributed by atoms with E-state index in [9.17, 15) is 0 Å². The molecule has 1 aliphatic heterocycles. The molecule has 0 spiro atoms. The van der Waals surface area contributed by atoms with E-state index in [1.807, 2.05) is 0 Å². The van der Waals surface area contributed by atoms with E-state index in [0.29, 0.717) is 6.04 Å². The molecule has 16 heavy (non-hydrogen) atoms. The van der Waals surface area contributed by atoms with Gasteiger partial charge in [-0.1, -0.05) is 39.5 Å². The first kappa shape index (κ1) is 13.6. The predicted molar refractivity (Wildman–Crippen MR) is 71.5 cm³/mol. The molecule has 1 atom stereocenters. The van der Waals surface area contributed by atoms with E-state index < -0.39 is 0 Å². The highest BCUT2D eigenvalue weighted by atomic mass is 15.0. The molecule has 1 aliphatic rings. The summed E-state index contributed by atoms with van der Waals surface area (Å²) >= 11 is 0. The lowest BCUT2D eigenvalue weighted by Crippen LogP contribution is -2.34. The summed E-state index contributed by atoms with van der Waals surface area (Å²) in [5.74, 6) is 0. The Morgan fingerprint density at radius 3 is 2.75 bits per heavy atom. The lowest BCUT2D eigenvalue weighted by molar-refractivity contribution is 0.514. The molecule has 0 radical (unpaired) electrons. The summed E-state index contributed by atoms with van der Waals surface area (Å²) in [5.41, 5.74) is 1.55. The SMILES string of the molecule is CCCCCCCC1=CNCC(CC)NC1. The summed E-state index contributed by atoms with van der Waals surface area (Å²) in [6, 6.07) is 0.647. The number of unbranched alkanes of at least 4 members (excludes halogenated alkanes) is 4. The maximum absolute atomic E-state index is 3.60. The smallest absolute Gasteiger partial charge is 0.0295 e. The first-order chi connectivity index (χ1) is 7.86. The van der Waals surface area contributed by atoms with Gasteiger partial charge in [0, 0.05) is 19.1 Å². The molecule has 2 N–H and O–H groups in total. The van der Waals surface area contributed by atoms with Gasteiger partial charge in [-0.2, -0.15) is 0 Å². The Morgan fingerprint density at radius 1 is 1.19 bits per heavy atom. The lowest BCUT2D eigenvalue weighted by atomic mass is 10.1. The van der Waals surface area contributed by atoms with Gasteiger partial charge in [0.2, 0.25) is 0 Å². The third-order valence-corrected chi connectivity index (χ3v) is 3.38. The molecule has 0 aromatic heterocycles. The Morgan fingerprint density at radius 2 is 2.00 bits per heavy atom. The standard InChI is InChI=1S/C14H28N2/c1-3-5-6-7-8-9-13-10-15-12-14(4-2)16-11-13/h10,14-16H,3-9,11-12H2,1-2H3. The Kier molecular flexibility index (Phi) is 7.32. The summed E-state index contributed by atoms with van der Waals surface area (Å²) in [6.45, 7) is 6.68. The normalized spacial score (nSPS) is 21.1. The Labute approximate surface area is 101 Å². The van der Waals surface area contributed by atoms with Crippen LogP contribution in [0.15, 0.2) is 11.8 Å². The van der Waals surface area contributed by atoms with Crippen molar-refractivity contribution >= 4 is 0 Å². The molecule has 0 aromatic rings. The van der Waals surface area contributed by atoms with Crippen molar-refractivity contribution < 1.29 is 0 Å². The fourth-order valence-electron chi connectivity index (χ4n) is 2.15. The van der Waals surface area contributed by atoms with E-state index in [-0.39, 0.29) is 0 Å². The molecule has 94 valence electrons. The summed E-state index contributed by atoms with van der Waals surface area (Å²) in [6.07, 6.45) is 11.6. The quantitative estimate of drug-likeness (QED) is 0.649. The van der Waals surface area contributed by atoms with E-state index in [1.165, 1.54) is 44.9 Å². The van der Waals surface area contributed by atoms with Crippen LogP contribution >= 0.6 is 0 Å². The number of nitrogens with one attached hydrogen (secondary N) is 2. The molecule has 2 heteroatoms. The third kappa shape index (κ3) is 5.55. The van der Waals surface area contributed by atoms with Gasteiger partial charge in [0.25, 0.3) is 0 Å². The molecular weight excluding hydrogens is 196 g/mol. The Bertz CT molecular complexity index is 199. The predicted octanol–water partition coefficient (Wildman–Crippen LogP) is 3.20. The van der Waals surface area contributed by atoms with Gasteiger partial charge in [-0.3, -0.25) is 0 Å². The first-order valence-electron chi connectivity index (χ1n) is 7.01. The fraction of sp³-hybridized carbons (Fsp3) is 0.857. The molecule has 1 heterocycles. The minimum Gasteiger partial charge on any atom is -0.389 e. The summed E-state index contributed by atoms with van der Waals surface area (Å²) < 4.78 is 0. The lowest BCUT2D eigenvalue weighted by Gasteiger charge is -2.13. The number of hydrogen-bond donors (Lipinski definition) is 2. The van der Waals surface area contributed by atoms with E-state index in [1.54, 1.807) is 5.57 Å². The van der Waals surface area contributed by atoms with Gasteiger partial charge in [0.1, 0.15) is 0 Å². The van der Waals surface area contributed by atoms with Gasteiger partial charge in [0.05, 0.1) is 0 Å². The van der Waals surface area contributed by atoms with Crippen molar-refractivity contribution in [1.29, 1.82) is 0 Å².